The van der Waals surface area contributed by atoms with Gasteiger partial charge in [-0.15, -0.1) is 0 Å². The monoisotopic (exact) mass is 432 g/mol. The zero-order chi connectivity index (χ0) is 21.7. The van der Waals surface area contributed by atoms with Crippen molar-refractivity contribution >= 4 is 17.0 Å². The van der Waals surface area contributed by atoms with E-state index in [2.05, 4.69) is 25.7 Å². The quantitative estimate of drug-likeness (QED) is 0.454. The Labute approximate surface area is 180 Å². The lowest BCUT2D eigenvalue weighted by atomic mass is 10.2. The molecule has 0 amide bonds. The molecule has 0 spiro atoms. The standard InChI is InChI=1S/C22H18F2N8/c23-22(24)13-25-12-19(22)29-20-6-3-4-16(28-20)18-11-26-21-8-7-15(30-32(18)21)14-10-27-31-9-2-1-5-17(14)31/h1-11,19,25H,12-13H2,(H,28,29). The number of aromatic nitrogens is 6. The fourth-order valence-corrected chi connectivity index (χ4v) is 3.97. The molecule has 8 nitrogen and oxygen atoms in total. The van der Waals surface area contributed by atoms with Crippen LogP contribution in [0.1, 0.15) is 0 Å². The smallest absolute Gasteiger partial charge is 0.281 e. The highest BCUT2D eigenvalue weighted by Gasteiger charge is 2.44. The van der Waals surface area contributed by atoms with Crippen molar-refractivity contribution in [1.29, 1.82) is 0 Å². The molecule has 0 aromatic carbocycles. The molecule has 5 aromatic heterocycles. The van der Waals surface area contributed by atoms with Gasteiger partial charge in [0.2, 0.25) is 0 Å². The molecular formula is C22H18F2N8. The lowest BCUT2D eigenvalue weighted by Crippen LogP contribution is -2.38. The molecule has 0 aliphatic carbocycles. The van der Waals surface area contributed by atoms with E-state index in [1.165, 1.54) is 0 Å². The Balaban J connectivity index is 1.39. The van der Waals surface area contributed by atoms with Crippen LogP contribution in [0.2, 0.25) is 0 Å². The summed E-state index contributed by atoms with van der Waals surface area (Å²) in [7, 11) is 0. The Morgan fingerprint density at radius 3 is 2.84 bits per heavy atom. The Bertz CT molecular complexity index is 1440. The van der Waals surface area contributed by atoms with Crippen LogP contribution in [0.3, 0.4) is 0 Å². The van der Waals surface area contributed by atoms with Crippen LogP contribution in [-0.4, -0.2) is 54.2 Å². The van der Waals surface area contributed by atoms with Crippen LogP contribution < -0.4 is 10.6 Å². The second-order valence-electron chi connectivity index (χ2n) is 7.72. The van der Waals surface area contributed by atoms with Crippen LogP contribution in [0.5, 0.6) is 0 Å². The van der Waals surface area contributed by atoms with Crippen LogP contribution >= 0.6 is 0 Å². The second-order valence-corrected chi connectivity index (χ2v) is 7.72. The number of hydrogen-bond donors (Lipinski definition) is 2. The largest absolute Gasteiger partial charge is 0.360 e. The summed E-state index contributed by atoms with van der Waals surface area (Å²) in [5.74, 6) is -2.45. The number of pyridine rings is 2. The van der Waals surface area contributed by atoms with Crippen molar-refractivity contribution in [1.82, 2.24) is 34.5 Å². The number of halogens is 2. The molecule has 1 aliphatic rings. The maximum absolute atomic E-state index is 14.0. The minimum absolute atomic E-state index is 0.180. The number of alkyl halides is 2. The van der Waals surface area contributed by atoms with Gasteiger partial charge in [0, 0.05) is 18.3 Å². The van der Waals surface area contributed by atoms with Crippen molar-refractivity contribution in [3.05, 3.63) is 67.1 Å². The first-order valence-corrected chi connectivity index (χ1v) is 10.2. The van der Waals surface area contributed by atoms with E-state index in [0.717, 1.165) is 16.8 Å². The molecule has 0 radical (unpaired) electrons. The molecule has 6 rings (SSSR count). The Morgan fingerprint density at radius 1 is 1.03 bits per heavy atom. The van der Waals surface area contributed by atoms with E-state index < -0.39 is 12.0 Å². The predicted molar refractivity (Wildman–Crippen MR) is 116 cm³/mol. The Kier molecular flexibility index (Phi) is 4.15. The maximum atomic E-state index is 14.0. The lowest BCUT2D eigenvalue weighted by Gasteiger charge is -2.19. The molecule has 6 heterocycles. The topological polar surface area (TPSA) is 84.4 Å². The number of hydrogen-bond acceptors (Lipinski definition) is 6. The summed E-state index contributed by atoms with van der Waals surface area (Å²) < 4.78 is 31.5. The van der Waals surface area contributed by atoms with Crippen molar-refractivity contribution < 1.29 is 8.78 Å². The summed E-state index contributed by atoms with van der Waals surface area (Å²) in [5.41, 5.74) is 4.48. The third-order valence-electron chi connectivity index (χ3n) is 5.62. The molecule has 1 unspecified atom stereocenters. The fraction of sp³-hybridized carbons (Fsp3) is 0.182. The first-order chi connectivity index (χ1) is 15.6. The van der Waals surface area contributed by atoms with Crippen molar-refractivity contribution in [2.45, 2.75) is 12.0 Å². The van der Waals surface area contributed by atoms with Crippen molar-refractivity contribution in [2.75, 3.05) is 18.4 Å². The highest BCUT2D eigenvalue weighted by molar-refractivity contribution is 5.78. The van der Waals surface area contributed by atoms with Gasteiger partial charge in [0.05, 0.1) is 35.8 Å². The van der Waals surface area contributed by atoms with Crippen LogP contribution in [0.15, 0.2) is 67.1 Å². The van der Waals surface area contributed by atoms with E-state index in [4.69, 9.17) is 5.10 Å². The molecule has 32 heavy (non-hydrogen) atoms. The third-order valence-corrected chi connectivity index (χ3v) is 5.62. The van der Waals surface area contributed by atoms with Gasteiger partial charge in [-0.3, -0.25) is 0 Å². The predicted octanol–water partition coefficient (Wildman–Crippen LogP) is 3.13. The summed E-state index contributed by atoms with van der Waals surface area (Å²) in [6, 6.07) is 13.9. The summed E-state index contributed by atoms with van der Waals surface area (Å²) in [4.78, 5) is 8.97. The van der Waals surface area contributed by atoms with Gasteiger partial charge in [-0.05, 0) is 36.4 Å². The molecular weight excluding hydrogens is 414 g/mol. The first kappa shape index (κ1) is 18.8. The number of nitrogens with zero attached hydrogens (tertiary/aromatic N) is 6. The van der Waals surface area contributed by atoms with E-state index in [1.54, 1.807) is 33.6 Å². The molecule has 10 heteroatoms. The number of fused-ring (bicyclic) bond motifs is 2. The second kappa shape index (κ2) is 7.06. The third kappa shape index (κ3) is 3.07. The zero-order valence-electron chi connectivity index (χ0n) is 16.8. The van der Waals surface area contributed by atoms with Crippen molar-refractivity contribution in [3.63, 3.8) is 0 Å². The van der Waals surface area contributed by atoms with E-state index in [9.17, 15) is 8.78 Å². The van der Waals surface area contributed by atoms with E-state index in [-0.39, 0.29) is 13.1 Å². The number of anilines is 1. The van der Waals surface area contributed by atoms with Gasteiger partial charge in [0.1, 0.15) is 17.6 Å². The van der Waals surface area contributed by atoms with Gasteiger partial charge >= 0.3 is 0 Å². The van der Waals surface area contributed by atoms with E-state index in [1.807, 2.05) is 42.6 Å². The Morgan fingerprint density at radius 2 is 1.97 bits per heavy atom. The highest BCUT2D eigenvalue weighted by Crippen LogP contribution is 2.27. The van der Waals surface area contributed by atoms with Gasteiger partial charge in [0.25, 0.3) is 5.92 Å². The number of rotatable bonds is 4. The SMILES string of the molecule is FC1(F)CNCC1Nc1cccc(-c2cnc3ccc(-c4cnn5ccccc45)nn23)n1. The molecule has 1 atom stereocenters. The molecule has 1 fully saturated rings. The van der Waals surface area contributed by atoms with Gasteiger partial charge in [0.15, 0.2) is 5.65 Å². The number of imidazole rings is 1. The first-order valence-electron chi connectivity index (χ1n) is 10.2. The van der Waals surface area contributed by atoms with Crippen molar-refractivity contribution in [3.8, 4) is 22.6 Å². The van der Waals surface area contributed by atoms with Crippen LogP contribution in [-0.2, 0) is 0 Å². The molecule has 160 valence electrons. The van der Waals surface area contributed by atoms with E-state index >= 15 is 0 Å². The van der Waals surface area contributed by atoms with Gasteiger partial charge in [-0.1, -0.05) is 12.1 Å². The van der Waals surface area contributed by atoms with Crippen molar-refractivity contribution in [2.24, 2.45) is 0 Å². The highest BCUT2D eigenvalue weighted by atomic mass is 19.3. The van der Waals surface area contributed by atoms with Gasteiger partial charge < -0.3 is 10.6 Å². The van der Waals surface area contributed by atoms with Crippen LogP contribution in [0, 0.1) is 0 Å². The molecule has 2 N–H and O–H groups in total. The molecule has 1 aliphatic heterocycles. The molecule has 0 saturated carbocycles. The minimum atomic E-state index is -2.83. The summed E-state index contributed by atoms with van der Waals surface area (Å²) >= 11 is 0. The maximum Gasteiger partial charge on any atom is 0.281 e. The van der Waals surface area contributed by atoms with Gasteiger partial charge in [-0.2, -0.15) is 10.2 Å². The molecule has 0 bridgehead atoms. The summed E-state index contributed by atoms with van der Waals surface area (Å²) in [5, 5.41) is 14.7. The average molecular weight is 432 g/mol. The lowest BCUT2D eigenvalue weighted by molar-refractivity contribution is 0.0138. The van der Waals surface area contributed by atoms with Crippen LogP contribution in [0.25, 0.3) is 33.8 Å². The zero-order valence-corrected chi connectivity index (χ0v) is 16.8. The average Bonchev–Trinajstić information content (AvgIpc) is 3.50. The summed E-state index contributed by atoms with van der Waals surface area (Å²) in [6.07, 6.45) is 5.34. The molecule has 1 saturated heterocycles. The summed E-state index contributed by atoms with van der Waals surface area (Å²) in [6.45, 7) is -0.160. The minimum Gasteiger partial charge on any atom is -0.360 e. The van der Waals surface area contributed by atoms with E-state index in [0.29, 0.717) is 22.9 Å². The Hall–Kier alpha value is -3.92. The fourth-order valence-electron chi connectivity index (χ4n) is 3.97. The number of nitrogens with one attached hydrogen (secondary N) is 2. The van der Waals surface area contributed by atoms with Crippen LogP contribution in [0.4, 0.5) is 14.6 Å². The van der Waals surface area contributed by atoms with Gasteiger partial charge in [-0.25, -0.2) is 27.8 Å². The normalized spacial score (nSPS) is 17.9. The molecule has 5 aromatic rings.